The van der Waals surface area contributed by atoms with Crippen molar-refractivity contribution in [3.05, 3.63) is 105 Å². The van der Waals surface area contributed by atoms with Crippen molar-refractivity contribution in [2.24, 2.45) is 0 Å². The van der Waals surface area contributed by atoms with E-state index in [4.69, 9.17) is 23.2 Å². The molecule has 0 amide bonds. The Kier molecular flexibility index (Phi) is 7.35. The van der Waals surface area contributed by atoms with Crippen molar-refractivity contribution in [2.75, 3.05) is 6.54 Å². The zero-order chi connectivity index (χ0) is 22.1. The van der Waals surface area contributed by atoms with E-state index in [0.717, 1.165) is 31.6 Å². The lowest BCUT2D eigenvalue weighted by molar-refractivity contribution is 0.682. The van der Waals surface area contributed by atoms with Crippen LogP contribution in [-0.4, -0.2) is 16.1 Å². The number of para-hydroxylation sites is 2. The second kappa shape index (κ2) is 10.2. The molecule has 170 valence electrons. The SMILES string of the molecule is Cc1c(CNCCc2c[nH]c3ccccc23)c2ccccc2n1Cc1ccc(Cl)cc1Cl.Cl. The fourth-order valence-electron chi connectivity index (χ4n) is 4.52. The van der Waals surface area contributed by atoms with Gasteiger partial charge >= 0.3 is 0 Å². The Labute approximate surface area is 210 Å². The third kappa shape index (κ3) is 4.78. The van der Waals surface area contributed by atoms with Crippen LogP contribution in [0.4, 0.5) is 0 Å². The third-order valence-electron chi connectivity index (χ3n) is 6.25. The van der Waals surface area contributed by atoms with Crippen LogP contribution >= 0.6 is 35.6 Å². The van der Waals surface area contributed by atoms with Gasteiger partial charge in [-0.2, -0.15) is 0 Å². The molecule has 3 aromatic carbocycles. The van der Waals surface area contributed by atoms with Gasteiger partial charge in [0.1, 0.15) is 0 Å². The first-order valence-electron chi connectivity index (χ1n) is 10.9. The molecule has 6 heteroatoms. The fraction of sp³-hybridized carbons (Fsp3) is 0.185. The summed E-state index contributed by atoms with van der Waals surface area (Å²) in [6.07, 6.45) is 3.11. The van der Waals surface area contributed by atoms with Gasteiger partial charge in [-0.3, -0.25) is 0 Å². The topological polar surface area (TPSA) is 32.8 Å². The van der Waals surface area contributed by atoms with Gasteiger partial charge in [-0.25, -0.2) is 0 Å². The summed E-state index contributed by atoms with van der Waals surface area (Å²) in [6, 6.07) is 22.8. The van der Waals surface area contributed by atoms with E-state index in [1.807, 2.05) is 18.2 Å². The molecule has 33 heavy (non-hydrogen) atoms. The smallest absolute Gasteiger partial charge is 0.0493 e. The highest BCUT2D eigenvalue weighted by Gasteiger charge is 2.15. The molecular formula is C27H26Cl3N3. The third-order valence-corrected chi connectivity index (χ3v) is 6.84. The first kappa shape index (κ1) is 23.7. The zero-order valence-electron chi connectivity index (χ0n) is 18.4. The first-order chi connectivity index (χ1) is 15.6. The summed E-state index contributed by atoms with van der Waals surface area (Å²) in [7, 11) is 0. The summed E-state index contributed by atoms with van der Waals surface area (Å²) in [5.41, 5.74) is 7.44. The molecule has 0 bridgehead atoms. The molecule has 0 saturated carbocycles. The molecule has 0 unspecified atom stereocenters. The number of hydrogen-bond acceptors (Lipinski definition) is 1. The molecule has 0 spiro atoms. The molecule has 0 aliphatic heterocycles. The molecule has 2 heterocycles. The maximum absolute atomic E-state index is 6.47. The maximum Gasteiger partial charge on any atom is 0.0493 e. The van der Waals surface area contributed by atoms with E-state index < -0.39 is 0 Å². The van der Waals surface area contributed by atoms with Gasteiger partial charge in [-0.1, -0.05) is 65.7 Å². The van der Waals surface area contributed by atoms with Crippen molar-refractivity contribution in [2.45, 2.75) is 26.4 Å². The van der Waals surface area contributed by atoms with Crippen LogP contribution in [0, 0.1) is 6.92 Å². The van der Waals surface area contributed by atoms with Crippen LogP contribution in [0.1, 0.15) is 22.4 Å². The van der Waals surface area contributed by atoms with Crippen molar-refractivity contribution in [1.82, 2.24) is 14.9 Å². The number of H-pyrrole nitrogens is 1. The summed E-state index contributed by atoms with van der Waals surface area (Å²) in [5.74, 6) is 0. The van der Waals surface area contributed by atoms with Crippen molar-refractivity contribution < 1.29 is 0 Å². The van der Waals surface area contributed by atoms with Crippen LogP contribution in [0.25, 0.3) is 21.8 Å². The van der Waals surface area contributed by atoms with E-state index in [-0.39, 0.29) is 12.4 Å². The highest BCUT2D eigenvalue weighted by molar-refractivity contribution is 6.35. The molecule has 3 nitrogen and oxygen atoms in total. The van der Waals surface area contributed by atoms with E-state index in [1.165, 1.54) is 38.6 Å². The molecule has 0 radical (unpaired) electrons. The van der Waals surface area contributed by atoms with Crippen molar-refractivity contribution in [1.29, 1.82) is 0 Å². The Balaban J connectivity index is 0.00000259. The quantitative estimate of drug-likeness (QED) is 0.223. The summed E-state index contributed by atoms with van der Waals surface area (Å²) >= 11 is 12.6. The summed E-state index contributed by atoms with van der Waals surface area (Å²) in [6.45, 7) is 4.66. The standard InChI is InChI=1S/C27H25Cl2N3.ClH/c1-18-24(16-30-13-12-19-15-31-26-8-4-2-6-22(19)26)23-7-3-5-9-27(23)32(18)17-20-10-11-21(28)14-25(20)29;/h2-11,14-15,30-31H,12-13,16-17H2,1H3;1H. The number of fused-ring (bicyclic) bond motifs is 2. The van der Waals surface area contributed by atoms with Crippen LogP contribution in [0.3, 0.4) is 0 Å². The first-order valence-corrected chi connectivity index (χ1v) is 11.6. The Bertz CT molecular complexity index is 1400. The lowest BCUT2D eigenvalue weighted by atomic mass is 10.1. The lowest BCUT2D eigenvalue weighted by Gasteiger charge is -2.11. The summed E-state index contributed by atoms with van der Waals surface area (Å²) in [5, 5.41) is 7.62. The van der Waals surface area contributed by atoms with Gasteiger partial charge in [-0.15, -0.1) is 12.4 Å². The number of hydrogen-bond donors (Lipinski definition) is 2. The van der Waals surface area contributed by atoms with Gasteiger partial charge in [0.05, 0.1) is 0 Å². The van der Waals surface area contributed by atoms with Crippen molar-refractivity contribution in [3.8, 4) is 0 Å². The minimum Gasteiger partial charge on any atom is -0.361 e. The molecule has 0 aliphatic carbocycles. The molecule has 5 aromatic rings. The Morgan fingerprint density at radius 2 is 1.67 bits per heavy atom. The molecule has 0 aliphatic rings. The van der Waals surface area contributed by atoms with E-state index in [9.17, 15) is 0 Å². The second-order valence-corrected chi connectivity index (χ2v) is 9.03. The second-order valence-electron chi connectivity index (χ2n) is 8.19. The van der Waals surface area contributed by atoms with Crippen LogP contribution in [0.2, 0.25) is 10.0 Å². The van der Waals surface area contributed by atoms with Gasteiger partial charge < -0.3 is 14.9 Å². The monoisotopic (exact) mass is 497 g/mol. The highest BCUT2D eigenvalue weighted by Crippen LogP contribution is 2.29. The highest BCUT2D eigenvalue weighted by atomic mass is 35.5. The molecule has 0 fully saturated rings. The average Bonchev–Trinajstić information content (AvgIpc) is 3.32. The molecular weight excluding hydrogens is 473 g/mol. The Morgan fingerprint density at radius 3 is 2.48 bits per heavy atom. The summed E-state index contributed by atoms with van der Waals surface area (Å²) in [4.78, 5) is 3.36. The normalized spacial score (nSPS) is 11.2. The number of nitrogens with zero attached hydrogens (tertiary/aromatic N) is 1. The molecule has 5 rings (SSSR count). The Hall–Kier alpha value is -2.43. The van der Waals surface area contributed by atoms with E-state index in [1.54, 1.807) is 0 Å². The maximum atomic E-state index is 6.47. The van der Waals surface area contributed by atoms with Crippen LogP contribution < -0.4 is 5.32 Å². The largest absolute Gasteiger partial charge is 0.361 e. The summed E-state index contributed by atoms with van der Waals surface area (Å²) < 4.78 is 2.35. The van der Waals surface area contributed by atoms with Crippen LogP contribution in [0.15, 0.2) is 72.9 Å². The van der Waals surface area contributed by atoms with Gasteiger partial charge in [0, 0.05) is 56.8 Å². The average molecular weight is 499 g/mol. The molecule has 2 N–H and O–H groups in total. The molecule has 0 atom stereocenters. The number of rotatable bonds is 7. The zero-order valence-corrected chi connectivity index (χ0v) is 20.7. The predicted molar refractivity (Wildman–Crippen MR) is 143 cm³/mol. The Morgan fingerprint density at radius 1 is 0.909 bits per heavy atom. The molecule has 0 saturated heterocycles. The van der Waals surface area contributed by atoms with E-state index in [0.29, 0.717) is 10.0 Å². The van der Waals surface area contributed by atoms with Gasteiger partial charge in [0.25, 0.3) is 0 Å². The molecule has 2 aromatic heterocycles. The van der Waals surface area contributed by atoms with Gasteiger partial charge in [0.15, 0.2) is 0 Å². The predicted octanol–water partition coefficient (Wildman–Crippen LogP) is 7.54. The van der Waals surface area contributed by atoms with Crippen molar-refractivity contribution in [3.63, 3.8) is 0 Å². The minimum atomic E-state index is 0. The van der Waals surface area contributed by atoms with E-state index >= 15 is 0 Å². The number of aromatic amines is 1. The lowest BCUT2D eigenvalue weighted by Crippen LogP contribution is -2.17. The minimum absolute atomic E-state index is 0. The van der Waals surface area contributed by atoms with Gasteiger partial charge in [-0.05, 0) is 60.8 Å². The number of benzene rings is 3. The fourth-order valence-corrected chi connectivity index (χ4v) is 4.99. The van der Waals surface area contributed by atoms with E-state index in [2.05, 4.69) is 76.5 Å². The van der Waals surface area contributed by atoms with Gasteiger partial charge in [0.2, 0.25) is 0 Å². The number of halogens is 3. The number of nitrogens with one attached hydrogen (secondary N) is 2. The van der Waals surface area contributed by atoms with Crippen LogP contribution in [0.5, 0.6) is 0 Å². The van der Waals surface area contributed by atoms with Crippen molar-refractivity contribution >= 4 is 57.4 Å². The number of aromatic nitrogens is 2. The van der Waals surface area contributed by atoms with Crippen LogP contribution in [-0.2, 0) is 19.5 Å².